The van der Waals surface area contributed by atoms with E-state index in [1.165, 1.54) is 5.56 Å². The van der Waals surface area contributed by atoms with E-state index in [4.69, 9.17) is 4.74 Å². The Morgan fingerprint density at radius 2 is 1.67 bits per heavy atom. The minimum absolute atomic E-state index is 0.0788. The molecule has 0 bridgehead atoms. The third-order valence-corrected chi connectivity index (χ3v) is 4.05. The summed E-state index contributed by atoms with van der Waals surface area (Å²) in [6, 6.07) is 14.0. The van der Waals surface area contributed by atoms with Gasteiger partial charge in [0.05, 0.1) is 0 Å². The van der Waals surface area contributed by atoms with Gasteiger partial charge in [0, 0.05) is 13.1 Å². The molecule has 0 radical (unpaired) electrons. The van der Waals surface area contributed by atoms with Crippen molar-refractivity contribution in [2.24, 2.45) is 0 Å². The molecule has 27 heavy (non-hydrogen) atoms. The maximum Gasteiger partial charge on any atom is 0.315 e. The topological polar surface area (TPSA) is 90.8 Å². The average Bonchev–Trinajstić information content (AvgIpc) is 2.64. The Kier molecular flexibility index (Phi) is 7.07. The van der Waals surface area contributed by atoms with E-state index < -0.39 is 6.10 Å². The van der Waals surface area contributed by atoms with E-state index >= 15 is 0 Å². The van der Waals surface area contributed by atoms with Crippen molar-refractivity contribution >= 4 is 6.03 Å². The third-order valence-electron chi connectivity index (χ3n) is 4.05. The number of ether oxygens (including phenoxy) is 1. The highest BCUT2D eigenvalue weighted by atomic mass is 16.5. The molecule has 1 atom stereocenters. The molecule has 0 fully saturated rings. The summed E-state index contributed by atoms with van der Waals surface area (Å²) in [5, 5.41) is 24.5. The standard InChI is InChI=1S/C21H28N2O4/c1-21(2,3)16-6-10-19(11-7-16)27-14-18(25)13-23-20(26)22-12-15-4-8-17(24)9-5-15/h4-11,18,24-25H,12-14H2,1-3H3,(H2,22,23,26)/t18-/m0/s1. The highest BCUT2D eigenvalue weighted by Crippen LogP contribution is 2.24. The Bertz CT molecular complexity index is 721. The summed E-state index contributed by atoms with van der Waals surface area (Å²) in [5.41, 5.74) is 2.16. The van der Waals surface area contributed by atoms with E-state index in [0.29, 0.717) is 12.3 Å². The van der Waals surface area contributed by atoms with Crippen LogP contribution in [0, 0.1) is 0 Å². The number of carbonyl (C=O) groups is 1. The molecule has 0 spiro atoms. The van der Waals surface area contributed by atoms with E-state index in [-0.39, 0.29) is 30.3 Å². The van der Waals surface area contributed by atoms with Crippen molar-refractivity contribution in [1.29, 1.82) is 0 Å². The fourth-order valence-electron chi connectivity index (χ4n) is 2.37. The van der Waals surface area contributed by atoms with E-state index in [9.17, 15) is 15.0 Å². The predicted octanol–water partition coefficient (Wildman–Crippen LogP) is 2.93. The van der Waals surface area contributed by atoms with Crippen molar-refractivity contribution in [2.75, 3.05) is 13.2 Å². The predicted molar refractivity (Wildman–Crippen MR) is 105 cm³/mol. The molecule has 0 aliphatic carbocycles. The summed E-state index contributed by atoms with van der Waals surface area (Å²) in [4.78, 5) is 11.8. The molecule has 146 valence electrons. The number of carbonyl (C=O) groups excluding carboxylic acids is 1. The lowest BCUT2D eigenvalue weighted by Crippen LogP contribution is -2.41. The van der Waals surface area contributed by atoms with Crippen LogP contribution in [-0.4, -0.2) is 35.5 Å². The molecule has 0 aromatic heterocycles. The van der Waals surface area contributed by atoms with Crippen LogP contribution in [0.5, 0.6) is 11.5 Å². The highest BCUT2D eigenvalue weighted by Gasteiger charge is 2.13. The van der Waals surface area contributed by atoms with Gasteiger partial charge in [0.1, 0.15) is 24.2 Å². The van der Waals surface area contributed by atoms with Crippen LogP contribution in [0.1, 0.15) is 31.9 Å². The number of aliphatic hydroxyl groups excluding tert-OH is 1. The molecular weight excluding hydrogens is 344 g/mol. The van der Waals surface area contributed by atoms with Gasteiger partial charge in [0.25, 0.3) is 0 Å². The maximum absolute atomic E-state index is 11.8. The van der Waals surface area contributed by atoms with Crippen LogP contribution in [0.15, 0.2) is 48.5 Å². The maximum atomic E-state index is 11.8. The van der Waals surface area contributed by atoms with Crippen LogP contribution >= 0.6 is 0 Å². The first-order chi connectivity index (χ1) is 12.7. The average molecular weight is 372 g/mol. The SMILES string of the molecule is CC(C)(C)c1ccc(OC[C@@H](O)CNC(=O)NCc2ccc(O)cc2)cc1. The van der Waals surface area contributed by atoms with Gasteiger partial charge in [-0.3, -0.25) is 0 Å². The van der Waals surface area contributed by atoms with Crippen molar-refractivity contribution in [1.82, 2.24) is 10.6 Å². The van der Waals surface area contributed by atoms with Gasteiger partial charge < -0.3 is 25.6 Å². The van der Waals surface area contributed by atoms with Crippen molar-refractivity contribution < 1.29 is 19.7 Å². The quantitative estimate of drug-likeness (QED) is 0.601. The van der Waals surface area contributed by atoms with Crippen LogP contribution in [-0.2, 0) is 12.0 Å². The molecule has 6 heteroatoms. The van der Waals surface area contributed by atoms with Crippen LogP contribution in [0.25, 0.3) is 0 Å². The van der Waals surface area contributed by atoms with E-state index in [0.717, 1.165) is 5.56 Å². The summed E-state index contributed by atoms with van der Waals surface area (Å²) in [5.74, 6) is 0.859. The second-order valence-corrected chi connectivity index (χ2v) is 7.47. The number of phenolic OH excluding ortho intramolecular Hbond substituents is 1. The molecule has 4 N–H and O–H groups in total. The first-order valence-corrected chi connectivity index (χ1v) is 8.95. The number of benzene rings is 2. The first-order valence-electron chi connectivity index (χ1n) is 8.95. The van der Waals surface area contributed by atoms with Gasteiger partial charge in [-0.15, -0.1) is 0 Å². The van der Waals surface area contributed by atoms with Gasteiger partial charge >= 0.3 is 6.03 Å². The second-order valence-electron chi connectivity index (χ2n) is 7.47. The third kappa shape index (κ3) is 7.19. The molecule has 2 amide bonds. The van der Waals surface area contributed by atoms with Crippen LogP contribution < -0.4 is 15.4 Å². The Morgan fingerprint density at radius 1 is 1.04 bits per heavy atom. The number of hydrogen-bond acceptors (Lipinski definition) is 4. The first kappa shape index (κ1) is 20.6. The molecule has 0 heterocycles. The minimum atomic E-state index is -0.813. The summed E-state index contributed by atoms with van der Waals surface area (Å²) >= 11 is 0. The number of aromatic hydroxyl groups is 1. The normalized spacial score (nSPS) is 12.3. The molecule has 0 saturated carbocycles. The molecule has 0 aliphatic rings. The molecular formula is C21H28N2O4. The zero-order valence-electron chi connectivity index (χ0n) is 16.0. The zero-order chi connectivity index (χ0) is 19.9. The number of hydrogen-bond donors (Lipinski definition) is 4. The fourth-order valence-corrected chi connectivity index (χ4v) is 2.37. The van der Waals surface area contributed by atoms with Gasteiger partial charge in [-0.25, -0.2) is 4.79 Å². The van der Waals surface area contributed by atoms with E-state index in [2.05, 4.69) is 31.4 Å². The molecule has 2 rings (SSSR count). The van der Waals surface area contributed by atoms with Crippen molar-refractivity contribution in [2.45, 2.75) is 38.8 Å². The Balaban J connectivity index is 1.67. The Hall–Kier alpha value is -2.73. The minimum Gasteiger partial charge on any atom is -0.508 e. The van der Waals surface area contributed by atoms with Gasteiger partial charge in [0.15, 0.2) is 0 Å². The summed E-state index contributed by atoms with van der Waals surface area (Å²) in [6.45, 7) is 6.94. The van der Waals surface area contributed by atoms with Gasteiger partial charge in [-0.1, -0.05) is 45.0 Å². The number of amides is 2. The lowest BCUT2D eigenvalue weighted by atomic mass is 9.87. The zero-order valence-corrected chi connectivity index (χ0v) is 16.0. The number of phenols is 1. The number of urea groups is 1. The highest BCUT2D eigenvalue weighted by molar-refractivity contribution is 5.73. The van der Waals surface area contributed by atoms with Crippen molar-refractivity contribution in [3.8, 4) is 11.5 Å². The number of aliphatic hydroxyl groups is 1. The van der Waals surface area contributed by atoms with Crippen LogP contribution in [0.4, 0.5) is 4.79 Å². The van der Waals surface area contributed by atoms with Crippen LogP contribution in [0.3, 0.4) is 0 Å². The monoisotopic (exact) mass is 372 g/mol. The number of nitrogens with one attached hydrogen (secondary N) is 2. The van der Waals surface area contributed by atoms with Crippen molar-refractivity contribution in [3.63, 3.8) is 0 Å². The summed E-state index contributed by atoms with van der Waals surface area (Å²) in [7, 11) is 0. The van der Waals surface area contributed by atoms with Gasteiger partial charge in [-0.2, -0.15) is 0 Å². The number of rotatable bonds is 7. The lowest BCUT2D eigenvalue weighted by molar-refractivity contribution is 0.108. The molecule has 6 nitrogen and oxygen atoms in total. The summed E-state index contributed by atoms with van der Waals surface area (Å²) < 4.78 is 5.56. The van der Waals surface area contributed by atoms with E-state index in [1.807, 2.05) is 24.3 Å². The van der Waals surface area contributed by atoms with Gasteiger partial charge in [-0.05, 0) is 40.8 Å². The summed E-state index contributed by atoms with van der Waals surface area (Å²) in [6.07, 6.45) is -0.813. The second kappa shape index (κ2) is 9.28. The lowest BCUT2D eigenvalue weighted by Gasteiger charge is -2.19. The van der Waals surface area contributed by atoms with E-state index in [1.54, 1.807) is 24.3 Å². The molecule has 0 saturated heterocycles. The van der Waals surface area contributed by atoms with Gasteiger partial charge in [0.2, 0.25) is 0 Å². The molecule has 2 aromatic carbocycles. The largest absolute Gasteiger partial charge is 0.508 e. The molecule has 2 aromatic rings. The Morgan fingerprint density at radius 3 is 2.26 bits per heavy atom. The molecule has 0 unspecified atom stereocenters. The fraction of sp³-hybridized carbons (Fsp3) is 0.381. The smallest absolute Gasteiger partial charge is 0.315 e. The molecule has 0 aliphatic heterocycles. The van der Waals surface area contributed by atoms with Crippen molar-refractivity contribution in [3.05, 3.63) is 59.7 Å². The van der Waals surface area contributed by atoms with Crippen LogP contribution in [0.2, 0.25) is 0 Å². The Labute approximate surface area is 160 Å².